The molecule has 0 aliphatic carbocycles. The molecule has 0 aromatic heterocycles. The molecule has 0 aliphatic rings. The van der Waals surface area contributed by atoms with Gasteiger partial charge in [0.15, 0.2) is 0 Å². The molecule has 0 amide bonds. The third-order valence-electron chi connectivity index (χ3n) is 2.27. The maximum atomic E-state index is 10.7. The summed E-state index contributed by atoms with van der Waals surface area (Å²) in [5.74, 6) is -0.925. The molecule has 5 heteroatoms. The Labute approximate surface area is 100 Å². The molecule has 1 aromatic rings. The van der Waals surface area contributed by atoms with Crippen molar-refractivity contribution >= 4 is 11.7 Å². The minimum Gasteiger partial charge on any atom is -0.478 e. The second-order valence-electron chi connectivity index (χ2n) is 3.60. The van der Waals surface area contributed by atoms with Crippen LogP contribution in [0.5, 0.6) is 0 Å². The van der Waals surface area contributed by atoms with Crippen LogP contribution in [-0.4, -0.2) is 42.5 Å². The van der Waals surface area contributed by atoms with E-state index in [1.165, 1.54) is 0 Å². The van der Waals surface area contributed by atoms with Gasteiger partial charge in [-0.05, 0) is 30.7 Å². The SMILES string of the molecule is Cc1cc(C(=O)O)ccc1NCCOCCO. The highest BCUT2D eigenvalue weighted by molar-refractivity contribution is 5.88. The molecule has 0 saturated heterocycles. The number of anilines is 1. The zero-order valence-electron chi connectivity index (χ0n) is 9.77. The molecule has 17 heavy (non-hydrogen) atoms. The number of benzene rings is 1. The average Bonchev–Trinajstić information content (AvgIpc) is 2.30. The molecule has 5 nitrogen and oxygen atoms in total. The van der Waals surface area contributed by atoms with Crippen LogP contribution in [0.2, 0.25) is 0 Å². The lowest BCUT2D eigenvalue weighted by Gasteiger charge is -2.10. The van der Waals surface area contributed by atoms with Gasteiger partial charge in [0.2, 0.25) is 0 Å². The molecule has 0 aliphatic heterocycles. The highest BCUT2D eigenvalue weighted by Crippen LogP contribution is 2.16. The quantitative estimate of drug-likeness (QED) is 0.621. The van der Waals surface area contributed by atoms with Gasteiger partial charge < -0.3 is 20.3 Å². The Bertz CT molecular complexity index is 379. The van der Waals surface area contributed by atoms with Gasteiger partial charge in [0, 0.05) is 12.2 Å². The van der Waals surface area contributed by atoms with Gasteiger partial charge in [0.05, 0.1) is 25.4 Å². The number of aliphatic hydroxyl groups excluding tert-OH is 1. The fourth-order valence-corrected chi connectivity index (χ4v) is 1.42. The summed E-state index contributed by atoms with van der Waals surface area (Å²) in [4.78, 5) is 10.7. The third kappa shape index (κ3) is 4.42. The summed E-state index contributed by atoms with van der Waals surface area (Å²) in [6.45, 7) is 3.32. The van der Waals surface area contributed by atoms with Crippen molar-refractivity contribution in [3.8, 4) is 0 Å². The predicted octanol–water partition coefficient (Wildman–Crippen LogP) is 1.11. The van der Waals surface area contributed by atoms with Crippen LogP contribution in [0.1, 0.15) is 15.9 Å². The fourth-order valence-electron chi connectivity index (χ4n) is 1.42. The molecule has 3 N–H and O–H groups in total. The molecule has 1 aromatic carbocycles. The van der Waals surface area contributed by atoms with E-state index < -0.39 is 5.97 Å². The lowest BCUT2D eigenvalue weighted by atomic mass is 10.1. The van der Waals surface area contributed by atoms with E-state index in [0.717, 1.165) is 11.3 Å². The first kappa shape index (κ1) is 13.5. The summed E-state index contributed by atoms with van der Waals surface area (Å²) in [7, 11) is 0. The maximum Gasteiger partial charge on any atom is 0.335 e. The molecule has 0 fully saturated rings. The number of hydrogen-bond donors (Lipinski definition) is 3. The Kier molecular flexibility index (Phi) is 5.45. The first-order chi connectivity index (χ1) is 8.15. The van der Waals surface area contributed by atoms with Gasteiger partial charge >= 0.3 is 5.97 Å². The molecule has 0 saturated carbocycles. The van der Waals surface area contributed by atoms with Gasteiger partial charge in [-0.1, -0.05) is 0 Å². The standard InChI is InChI=1S/C12H17NO4/c1-9-8-10(12(15)16)2-3-11(9)13-4-6-17-7-5-14/h2-3,8,13-14H,4-7H2,1H3,(H,15,16). The van der Waals surface area contributed by atoms with E-state index in [0.29, 0.717) is 19.8 Å². The van der Waals surface area contributed by atoms with Crippen LogP contribution in [-0.2, 0) is 4.74 Å². The van der Waals surface area contributed by atoms with E-state index in [4.69, 9.17) is 14.9 Å². The summed E-state index contributed by atoms with van der Waals surface area (Å²) >= 11 is 0. The van der Waals surface area contributed by atoms with Crippen LogP contribution in [0.25, 0.3) is 0 Å². The molecule has 0 atom stereocenters. The summed E-state index contributed by atoms with van der Waals surface area (Å²) in [6.07, 6.45) is 0. The fraction of sp³-hybridized carbons (Fsp3) is 0.417. The van der Waals surface area contributed by atoms with Crippen LogP contribution < -0.4 is 5.32 Å². The second-order valence-corrected chi connectivity index (χ2v) is 3.60. The summed E-state index contributed by atoms with van der Waals surface area (Å²) < 4.78 is 5.10. The first-order valence-corrected chi connectivity index (χ1v) is 5.41. The Morgan fingerprint density at radius 2 is 2.18 bits per heavy atom. The Balaban J connectivity index is 2.46. The Morgan fingerprint density at radius 1 is 1.41 bits per heavy atom. The first-order valence-electron chi connectivity index (χ1n) is 5.41. The molecule has 94 valence electrons. The molecular formula is C12H17NO4. The van der Waals surface area contributed by atoms with Crippen molar-refractivity contribution in [3.05, 3.63) is 29.3 Å². The highest BCUT2D eigenvalue weighted by atomic mass is 16.5. The number of rotatable bonds is 7. The smallest absolute Gasteiger partial charge is 0.335 e. The van der Waals surface area contributed by atoms with Crippen LogP contribution in [0, 0.1) is 6.92 Å². The number of nitrogens with one attached hydrogen (secondary N) is 1. The number of hydrogen-bond acceptors (Lipinski definition) is 4. The summed E-state index contributed by atoms with van der Waals surface area (Å²) in [5.41, 5.74) is 2.05. The molecule has 0 spiro atoms. The zero-order chi connectivity index (χ0) is 12.7. The minimum absolute atomic E-state index is 0.0202. The molecule has 1 rings (SSSR count). The Morgan fingerprint density at radius 3 is 2.76 bits per heavy atom. The van der Waals surface area contributed by atoms with E-state index in [9.17, 15) is 4.79 Å². The largest absolute Gasteiger partial charge is 0.478 e. The number of carboxylic acid groups (broad SMARTS) is 1. The zero-order valence-corrected chi connectivity index (χ0v) is 9.77. The average molecular weight is 239 g/mol. The van der Waals surface area contributed by atoms with Crippen molar-refractivity contribution in [2.24, 2.45) is 0 Å². The molecule has 0 heterocycles. The van der Waals surface area contributed by atoms with Crippen molar-refractivity contribution in [2.75, 3.05) is 31.7 Å². The maximum absolute atomic E-state index is 10.7. The summed E-state index contributed by atoms with van der Waals surface area (Å²) in [6, 6.07) is 4.93. The van der Waals surface area contributed by atoms with Crippen molar-refractivity contribution < 1.29 is 19.7 Å². The number of carboxylic acids is 1. The van der Waals surface area contributed by atoms with Crippen LogP contribution >= 0.6 is 0 Å². The van der Waals surface area contributed by atoms with Gasteiger partial charge in [0.25, 0.3) is 0 Å². The van der Waals surface area contributed by atoms with Crippen LogP contribution in [0.3, 0.4) is 0 Å². The van der Waals surface area contributed by atoms with Gasteiger partial charge in [-0.2, -0.15) is 0 Å². The van der Waals surface area contributed by atoms with E-state index >= 15 is 0 Å². The summed E-state index contributed by atoms with van der Waals surface area (Å²) in [5, 5.41) is 20.5. The number of carbonyl (C=O) groups is 1. The van der Waals surface area contributed by atoms with Crippen LogP contribution in [0.15, 0.2) is 18.2 Å². The monoisotopic (exact) mass is 239 g/mol. The Hall–Kier alpha value is -1.59. The van der Waals surface area contributed by atoms with Crippen molar-refractivity contribution in [2.45, 2.75) is 6.92 Å². The van der Waals surface area contributed by atoms with Crippen molar-refractivity contribution in [1.29, 1.82) is 0 Å². The normalized spacial score (nSPS) is 10.2. The second kappa shape index (κ2) is 6.88. The van der Waals surface area contributed by atoms with Gasteiger partial charge in [-0.3, -0.25) is 0 Å². The lowest BCUT2D eigenvalue weighted by molar-refractivity contribution is 0.0697. The third-order valence-corrected chi connectivity index (χ3v) is 2.27. The van der Waals surface area contributed by atoms with Crippen LogP contribution in [0.4, 0.5) is 5.69 Å². The minimum atomic E-state index is -0.925. The number of aliphatic hydroxyl groups is 1. The lowest BCUT2D eigenvalue weighted by Crippen LogP contribution is -2.12. The van der Waals surface area contributed by atoms with Crippen molar-refractivity contribution in [3.63, 3.8) is 0 Å². The highest BCUT2D eigenvalue weighted by Gasteiger charge is 2.04. The molecule has 0 unspecified atom stereocenters. The number of aryl methyl sites for hydroxylation is 1. The topological polar surface area (TPSA) is 78.8 Å². The van der Waals surface area contributed by atoms with Gasteiger partial charge in [0.1, 0.15) is 0 Å². The van der Waals surface area contributed by atoms with E-state index in [2.05, 4.69) is 5.32 Å². The van der Waals surface area contributed by atoms with E-state index in [-0.39, 0.29) is 12.2 Å². The van der Waals surface area contributed by atoms with Gasteiger partial charge in [-0.25, -0.2) is 4.79 Å². The molecule has 0 bridgehead atoms. The number of aromatic carboxylic acids is 1. The molecular weight excluding hydrogens is 222 g/mol. The van der Waals surface area contributed by atoms with Gasteiger partial charge in [-0.15, -0.1) is 0 Å². The van der Waals surface area contributed by atoms with E-state index in [1.54, 1.807) is 18.2 Å². The number of ether oxygens (including phenoxy) is 1. The predicted molar refractivity (Wildman–Crippen MR) is 64.5 cm³/mol. The van der Waals surface area contributed by atoms with Crippen molar-refractivity contribution in [1.82, 2.24) is 0 Å². The van der Waals surface area contributed by atoms with E-state index in [1.807, 2.05) is 6.92 Å². The molecule has 0 radical (unpaired) electrons.